The molecule has 0 saturated heterocycles. The van der Waals surface area contributed by atoms with Crippen LogP contribution in [0.5, 0.6) is 0 Å². The average Bonchev–Trinajstić information content (AvgIpc) is 2.87. The van der Waals surface area contributed by atoms with Crippen molar-refractivity contribution >= 4 is 35.8 Å². The first-order chi connectivity index (χ1) is 9.41. The normalized spacial score (nSPS) is 17.3. The highest BCUT2D eigenvalue weighted by atomic mass is 127. The van der Waals surface area contributed by atoms with E-state index in [1.165, 1.54) is 0 Å². The van der Waals surface area contributed by atoms with E-state index in [0.717, 1.165) is 38.2 Å². The molecule has 0 aliphatic heterocycles. The highest BCUT2D eigenvalue weighted by molar-refractivity contribution is 14.0. The van der Waals surface area contributed by atoms with Gasteiger partial charge in [-0.3, -0.25) is 9.79 Å². The van der Waals surface area contributed by atoms with Gasteiger partial charge in [0.2, 0.25) is 5.91 Å². The summed E-state index contributed by atoms with van der Waals surface area (Å²) in [5, 5.41) is 6.63. The number of aliphatic imine (C=N–C) groups is 1. The fourth-order valence-electron chi connectivity index (χ4n) is 2.77. The number of nitrogens with one attached hydrogen (secondary N) is 2. The highest BCUT2D eigenvalue weighted by Gasteiger charge is 2.42. The highest BCUT2D eigenvalue weighted by Crippen LogP contribution is 2.38. The number of halogens is 1. The minimum atomic E-state index is -0.251. The summed E-state index contributed by atoms with van der Waals surface area (Å²) in [6.07, 6.45) is 4.22. The Kier molecular flexibility index (Phi) is 9.24. The molecule has 0 atom stereocenters. The SMILES string of the molecule is CN=C(NCC(C)C)NCC1(C(=O)N(C)C)CCCC1.I. The Bertz CT molecular complexity index is 350. The number of rotatable bonds is 5. The molecule has 0 aromatic heterocycles. The number of hydrogen-bond acceptors (Lipinski definition) is 2. The third-order valence-corrected chi connectivity index (χ3v) is 3.92. The third-order valence-electron chi connectivity index (χ3n) is 3.92. The van der Waals surface area contributed by atoms with Crippen LogP contribution in [0.2, 0.25) is 0 Å². The monoisotopic (exact) mass is 410 g/mol. The molecule has 1 aliphatic rings. The van der Waals surface area contributed by atoms with E-state index in [0.29, 0.717) is 12.5 Å². The summed E-state index contributed by atoms with van der Waals surface area (Å²) in [6.45, 7) is 5.87. The van der Waals surface area contributed by atoms with Gasteiger partial charge in [0.05, 0.1) is 5.41 Å². The zero-order valence-corrected chi connectivity index (χ0v) is 16.4. The van der Waals surface area contributed by atoms with Crippen LogP contribution in [0.4, 0.5) is 0 Å². The summed E-state index contributed by atoms with van der Waals surface area (Å²) >= 11 is 0. The summed E-state index contributed by atoms with van der Waals surface area (Å²) in [5.41, 5.74) is -0.251. The van der Waals surface area contributed by atoms with E-state index >= 15 is 0 Å². The minimum absolute atomic E-state index is 0. The van der Waals surface area contributed by atoms with Gasteiger partial charge in [-0.2, -0.15) is 0 Å². The molecule has 0 aromatic rings. The number of amides is 1. The third kappa shape index (κ3) is 6.00. The molecular weight excluding hydrogens is 379 g/mol. The Hall–Kier alpha value is -0.530. The van der Waals surface area contributed by atoms with Crippen molar-refractivity contribution in [1.29, 1.82) is 0 Å². The van der Waals surface area contributed by atoms with E-state index in [4.69, 9.17) is 0 Å². The fourth-order valence-corrected chi connectivity index (χ4v) is 2.77. The molecular formula is C15H31IN4O. The van der Waals surface area contributed by atoms with Gasteiger partial charge in [0, 0.05) is 34.2 Å². The first-order valence-corrected chi connectivity index (χ1v) is 7.57. The molecule has 0 radical (unpaired) electrons. The molecule has 0 heterocycles. The van der Waals surface area contributed by atoms with Gasteiger partial charge in [0.25, 0.3) is 0 Å². The molecule has 0 aromatic carbocycles. The molecule has 21 heavy (non-hydrogen) atoms. The van der Waals surface area contributed by atoms with E-state index in [-0.39, 0.29) is 35.3 Å². The van der Waals surface area contributed by atoms with E-state index in [2.05, 4.69) is 29.5 Å². The fraction of sp³-hybridized carbons (Fsp3) is 0.867. The lowest BCUT2D eigenvalue weighted by Crippen LogP contribution is -2.49. The Balaban J connectivity index is 0.00000400. The quantitative estimate of drug-likeness (QED) is 0.415. The van der Waals surface area contributed by atoms with Crippen molar-refractivity contribution in [2.24, 2.45) is 16.3 Å². The smallest absolute Gasteiger partial charge is 0.230 e. The maximum atomic E-state index is 12.5. The van der Waals surface area contributed by atoms with Crippen molar-refractivity contribution in [3.8, 4) is 0 Å². The molecule has 124 valence electrons. The van der Waals surface area contributed by atoms with Crippen molar-refractivity contribution in [2.75, 3.05) is 34.2 Å². The maximum absolute atomic E-state index is 12.5. The van der Waals surface area contributed by atoms with Crippen LogP contribution in [-0.2, 0) is 4.79 Å². The number of carbonyl (C=O) groups excluding carboxylic acids is 1. The second-order valence-electron chi connectivity index (χ2n) is 6.39. The lowest BCUT2D eigenvalue weighted by atomic mass is 9.84. The zero-order valence-electron chi connectivity index (χ0n) is 14.0. The summed E-state index contributed by atoms with van der Waals surface area (Å²) in [5.74, 6) is 1.59. The molecule has 2 N–H and O–H groups in total. The van der Waals surface area contributed by atoms with Gasteiger partial charge in [0.1, 0.15) is 0 Å². The zero-order chi connectivity index (χ0) is 15.2. The number of guanidine groups is 1. The molecule has 1 rings (SSSR count). The molecule has 6 heteroatoms. The second-order valence-corrected chi connectivity index (χ2v) is 6.39. The summed E-state index contributed by atoms with van der Waals surface area (Å²) in [7, 11) is 5.45. The van der Waals surface area contributed by atoms with Crippen molar-refractivity contribution in [2.45, 2.75) is 39.5 Å². The van der Waals surface area contributed by atoms with Crippen molar-refractivity contribution < 1.29 is 4.79 Å². The second kappa shape index (κ2) is 9.48. The largest absolute Gasteiger partial charge is 0.356 e. The molecule has 0 spiro atoms. The Labute approximate surface area is 146 Å². The average molecular weight is 410 g/mol. The van der Waals surface area contributed by atoms with Crippen LogP contribution in [-0.4, -0.2) is 51.0 Å². The van der Waals surface area contributed by atoms with Gasteiger partial charge in [-0.25, -0.2) is 0 Å². The summed E-state index contributed by atoms with van der Waals surface area (Å²) in [6, 6.07) is 0. The van der Waals surface area contributed by atoms with Crippen molar-refractivity contribution in [1.82, 2.24) is 15.5 Å². The van der Waals surface area contributed by atoms with Gasteiger partial charge in [-0.05, 0) is 18.8 Å². The van der Waals surface area contributed by atoms with Crippen LogP contribution in [0.15, 0.2) is 4.99 Å². The number of nitrogens with zero attached hydrogens (tertiary/aromatic N) is 2. The van der Waals surface area contributed by atoms with Crippen LogP contribution in [0, 0.1) is 11.3 Å². The number of hydrogen-bond donors (Lipinski definition) is 2. The van der Waals surface area contributed by atoms with Crippen LogP contribution in [0.1, 0.15) is 39.5 Å². The number of carbonyl (C=O) groups is 1. The molecule has 1 amide bonds. The minimum Gasteiger partial charge on any atom is -0.356 e. The van der Waals surface area contributed by atoms with Crippen LogP contribution >= 0.6 is 24.0 Å². The molecule has 5 nitrogen and oxygen atoms in total. The lowest BCUT2D eigenvalue weighted by molar-refractivity contribution is -0.138. The Morgan fingerprint density at radius 3 is 2.24 bits per heavy atom. The topological polar surface area (TPSA) is 56.7 Å². The lowest BCUT2D eigenvalue weighted by Gasteiger charge is -2.31. The van der Waals surface area contributed by atoms with E-state index in [1.807, 2.05) is 14.1 Å². The van der Waals surface area contributed by atoms with Crippen LogP contribution < -0.4 is 10.6 Å². The van der Waals surface area contributed by atoms with Gasteiger partial charge in [-0.15, -0.1) is 24.0 Å². The van der Waals surface area contributed by atoms with Gasteiger partial charge in [0.15, 0.2) is 5.96 Å². The van der Waals surface area contributed by atoms with E-state index in [9.17, 15) is 4.79 Å². The van der Waals surface area contributed by atoms with Crippen LogP contribution in [0.3, 0.4) is 0 Å². The Morgan fingerprint density at radius 2 is 1.81 bits per heavy atom. The van der Waals surface area contributed by atoms with Gasteiger partial charge < -0.3 is 15.5 Å². The predicted molar refractivity (Wildman–Crippen MR) is 99.2 cm³/mol. The first kappa shape index (κ1) is 20.5. The molecule has 1 fully saturated rings. The van der Waals surface area contributed by atoms with Gasteiger partial charge >= 0.3 is 0 Å². The molecule has 0 bridgehead atoms. The predicted octanol–water partition coefficient (Wildman–Crippen LogP) is 2.07. The first-order valence-electron chi connectivity index (χ1n) is 7.57. The summed E-state index contributed by atoms with van der Waals surface area (Å²) in [4.78, 5) is 18.4. The standard InChI is InChI=1S/C15H30N4O.HI/c1-12(2)10-17-14(16-3)18-11-15(8-6-7-9-15)13(20)19(4)5;/h12H,6-11H2,1-5H3,(H2,16,17,18);1H. The summed E-state index contributed by atoms with van der Waals surface area (Å²) < 4.78 is 0. The maximum Gasteiger partial charge on any atom is 0.230 e. The Morgan fingerprint density at radius 1 is 1.24 bits per heavy atom. The van der Waals surface area contributed by atoms with Crippen molar-refractivity contribution in [3.05, 3.63) is 0 Å². The van der Waals surface area contributed by atoms with E-state index < -0.39 is 0 Å². The van der Waals surface area contributed by atoms with E-state index in [1.54, 1.807) is 11.9 Å². The van der Waals surface area contributed by atoms with Crippen molar-refractivity contribution in [3.63, 3.8) is 0 Å². The van der Waals surface area contributed by atoms with Crippen LogP contribution in [0.25, 0.3) is 0 Å². The molecule has 0 unspecified atom stereocenters. The van der Waals surface area contributed by atoms with Gasteiger partial charge in [-0.1, -0.05) is 26.7 Å². The molecule has 1 aliphatic carbocycles. The molecule has 1 saturated carbocycles.